The summed E-state index contributed by atoms with van der Waals surface area (Å²) >= 11 is 0. The van der Waals surface area contributed by atoms with Crippen LogP contribution in [0.2, 0.25) is 0 Å². The maximum Gasteiger partial charge on any atom is 0.419 e. The molecule has 0 saturated heterocycles. The average molecular weight is 630 g/mol. The van der Waals surface area contributed by atoms with Gasteiger partial charge in [0, 0.05) is 42.1 Å². The summed E-state index contributed by atoms with van der Waals surface area (Å²) < 4.78 is 80.4. The Morgan fingerprint density at radius 3 is 2.43 bits per heavy atom. The number of alkyl halides is 3. The summed E-state index contributed by atoms with van der Waals surface area (Å²) in [5, 5.41) is 9.22. The molecular weight excluding hydrogens is 598 g/mol. The number of pyridine rings is 1. The molecule has 2 aromatic carbocycles. The molecule has 1 atom stereocenters. The van der Waals surface area contributed by atoms with E-state index in [-0.39, 0.29) is 31.0 Å². The van der Waals surface area contributed by atoms with E-state index in [1.807, 2.05) is 6.07 Å². The van der Waals surface area contributed by atoms with E-state index in [2.05, 4.69) is 4.98 Å². The molecule has 44 heavy (non-hydrogen) atoms. The normalized spacial score (nSPS) is 12.2. The number of aromatic nitrogens is 3. The van der Waals surface area contributed by atoms with Gasteiger partial charge in [0.1, 0.15) is 11.6 Å². The van der Waals surface area contributed by atoms with E-state index in [9.17, 15) is 36.0 Å². The van der Waals surface area contributed by atoms with Gasteiger partial charge in [-0.1, -0.05) is 20.4 Å². The molecule has 2 aromatic heterocycles. The Hall–Kier alpha value is -4.57. The highest BCUT2D eigenvalue weighted by molar-refractivity contribution is 7.91. The lowest BCUT2D eigenvalue weighted by Gasteiger charge is -2.29. The van der Waals surface area contributed by atoms with Crippen molar-refractivity contribution in [2.24, 2.45) is 0 Å². The maximum atomic E-state index is 13.9. The van der Waals surface area contributed by atoms with Gasteiger partial charge in [-0.15, -0.1) is 0 Å². The lowest BCUT2D eigenvalue weighted by molar-refractivity contribution is -0.140. The van der Waals surface area contributed by atoms with E-state index in [1.165, 1.54) is 11.8 Å². The van der Waals surface area contributed by atoms with Crippen molar-refractivity contribution in [2.45, 2.75) is 39.9 Å². The highest BCUT2D eigenvalue weighted by Crippen LogP contribution is 2.33. The second kappa shape index (κ2) is 13.8. The van der Waals surface area contributed by atoms with Crippen LogP contribution in [0.25, 0.3) is 16.9 Å². The van der Waals surface area contributed by atoms with Crippen molar-refractivity contribution in [1.29, 1.82) is 5.26 Å². The van der Waals surface area contributed by atoms with Gasteiger partial charge < -0.3 is 9.47 Å². The Kier molecular flexibility index (Phi) is 10.7. The molecule has 0 aliphatic rings. The van der Waals surface area contributed by atoms with E-state index < -0.39 is 45.8 Å². The third-order valence-corrected chi connectivity index (χ3v) is 8.59. The molecule has 0 radical (unpaired) electrons. The first-order chi connectivity index (χ1) is 20.3. The number of hydrogen-bond donors (Lipinski definition) is 0. The fourth-order valence-corrected chi connectivity index (χ4v) is 5.24. The van der Waals surface area contributed by atoms with Gasteiger partial charge >= 0.3 is 6.18 Å². The number of sulfone groups is 1. The SMILES string of the molecule is C.CCS(=O)(=O)CCN(C(=O)Cc1ccc(F)c(C(F)(F)F)c1)[C@H](C)c1nc(-c2cccnc2)cn1-c1ccc(C#N)cc1. The number of carbonyl (C=O) groups is 1. The molecule has 0 spiro atoms. The highest BCUT2D eigenvalue weighted by Gasteiger charge is 2.35. The average Bonchev–Trinajstić information content (AvgIpc) is 3.44. The molecular formula is C31H31F4N5O3S. The summed E-state index contributed by atoms with van der Waals surface area (Å²) in [5.41, 5.74) is 0.613. The zero-order chi connectivity index (χ0) is 31.4. The summed E-state index contributed by atoms with van der Waals surface area (Å²) in [5.74, 6) is -2.35. The molecule has 0 unspecified atom stereocenters. The van der Waals surface area contributed by atoms with E-state index in [4.69, 9.17) is 4.98 Å². The molecule has 4 aromatic rings. The summed E-state index contributed by atoms with van der Waals surface area (Å²) in [7, 11) is -3.53. The molecule has 4 rings (SSSR count). The molecule has 13 heteroatoms. The number of nitrogens with zero attached hydrogens (tertiary/aromatic N) is 5. The van der Waals surface area contributed by atoms with Crippen LogP contribution in [0.15, 0.2) is 73.2 Å². The largest absolute Gasteiger partial charge is 0.419 e. The first-order valence-corrected chi connectivity index (χ1v) is 15.0. The first kappa shape index (κ1) is 33.9. The van der Waals surface area contributed by atoms with Crippen LogP contribution >= 0.6 is 0 Å². The van der Waals surface area contributed by atoms with Crippen molar-refractivity contribution in [3.8, 4) is 23.0 Å². The lowest BCUT2D eigenvalue weighted by atomic mass is 10.1. The smallest absolute Gasteiger partial charge is 0.331 e. The number of amides is 1. The Morgan fingerprint density at radius 1 is 1.14 bits per heavy atom. The number of hydrogen-bond acceptors (Lipinski definition) is 6. The third kappa shape index (κ3) is 7.87. The van der Waals surface area contributed by atoms with E-state index >= 15 is 0 Å². The standard InChI is InChI=1S/C30H27F4N5O3S.CH4/c1-3-43(41,42)14-13-38(28(40)16-22-8-11-26(31)25(15-22)30(32,33)34)20(2)29-37-27(23-5-4-12-36-18-23)19-39(29)24-9-6-21(17-35)7-10-24;/h4-12,15,18-20H,3,13-14,16H2,1-2H3;1H4/t20-;/m1./s1. The Balaban J connectivity index is 0.00000529. The molecule has 0 aliphatic heterocycles. The van der Waals surface area contributed by atoms with Crippen molar-refractivity contribution in [2.75, 3.05) is 18.1 Å². The molecule has 0 saturated carbocycles. The summed E-state index contributed by atoms with van der Waals surface area (Å²) in [6, 6.07) is 13.6. The van der Waals surface area contributed by atoms with Crippen LogP contribution in [0.1, 0.15) is 49.8 Å². The Morgan fingerprint density at radius 2 is 1.84 bits per heavy atom. The van der Waals surface area contributed by atoms with E-state index in [0.29, 0.717) is 40.5 Å². The monoisotopic (exact) mass is 629 g/mol. The Bertz CT molecular complexity index is 1750. The van der Waals surface area contributed by atoms with Gasteiger partial charge in [0.15, 0.2) is 9.84 Å². The van der Waals surface area contributed by atoms with E-state index in [0.717, 1.165) is 6.07 Å². The van der Waals surface area contributed by atoms with Gasteiger partial charge in [-0.3, -0.25) is 9.78 Å². The predicted octanol–water partition coefficient (Wildman–Crippen LogP) is 6.17. The van der Waals surface area contributed by atoms with Gasteiger partial charge in [-0.25, -0.2) is 17.8 Å². The van der Waals surface area contributed by atoms with Crippen molar-refractivity contribution in [3.63, 3.8) is 0 Å². The van der Waals surface area contributed by atoms with Crippen LogP contribution in [0, 0.1) is 17.1 Å². The molecule has 0 fully saturated rings. The van der Waals surface area contributed by atoms with Crippen molar-refractivity contribution < 1.29 is 30.8 Å². The molecule has 2 heterocycles. The number of nitriles is 1. The van der Waals surface area contributed by atoms with Crippen molar-refractivity contribution in [1.82, 2.24) is 19.4 Å². The molecule has 0 N–H and O–H groups in total. The Labute approximate surface area is 253 Å². The first-order valence-electron chi connectivity index (χ1n) is 13.2. The topological polar surface area (TPSA) is 109 Å². The fraction of sp³-hybridized carbons (Fsp3) is 0.290. The number of imidazole rings is 1. The number of carbonyl (C=O) groups excluding carboxylic acids is 1. The van der Waals surface area contributed by atoms with Gasteiger partial charge in [0.05, 0.1) is 41.1 Å². The molecule has 0 bridgehead atoms. The van der Waals surface area contributed by atoms with E-state index in [1.54, 1.807) is 66.5 Å². The van der Waals surface area contributed by atoms with Crippen LogP contribution in [-0.2, 0) is 27.2 Å². The summed E-state index contributed by atoms with van der Waals surface area (Å²) in [6.07, 6.45) is -0.583. The van der Waals surface area contributed by atoms with Gasteiger partial charge in [-0.2, -0.15) is 18.4 Å². The molecule has 1 amide bonds. The second-order valence-corrected chi connectivity index (χ2v) is 12.2. The number of rotatable bonds is 10. The third-order valence-electron chi connectivity index (χ3n) is 6.90. The number of halogens is 4. The zero-order valence-corrected chi connectivity index (χ0v) is 24.0. The zero-order valence-electron chi connectivity index (χ0n) is 23.2. The van der Waals surface area contributed by atoms with Gasteiger partial charge in [0.2, 0.25) is 5.91 Å². The molecule has 0 aliphatic carbocycles. The maximum absolute atomic E-state index is 13.9. The fourth-order valence-electron chi connectivity index (χ4n) is 4.48. The molecule has 232 valence electrons. The van der Waals surface area contributed by atoms with Crippen LogP contribution in [0.3, 0.4) is 0 Å². The second-order valence-electron chi connectivity index (χ2n) is 9.74. The molecule has 8 nitrogen and oxygen atoms in total. The lowest BCUT2D eigenvalue weighted by Crippen LogP contribution is -2.39. The number of benzene rings is 2. The quantitative estimate of drug-likeness (QED) is 0.194. The van der Waals surface area contributed by atoms with Crippen molar-refractivity contribution >= 4 is 15.7 Å². The summed E-state index contributed by atoms with van der Waals surface area (Å²) in [4.78, 5) is 23.8. The van der Waals surface area contributed by atoms with Gasteiger partial charge in [0.25, 0.3) is 0 Å². The van der Waals surface area contributed by atoms with Crippen LogP contribution in [0.4, 0.5) is 17.6 Å². The van der Waals surface area contributed by atoms with Crippen molar-refractivity contribution in [3.05, 3.63) is 102 Å². The minimum absolute atomic E-state index is 0. The highest BCUT2D eigenvalue weighted by atomic mass is 32.2. The van der Waals surface area contributed by atoms with Gasteiger partial charge in [-0.05, 0) is 61.0 Å². The van der Waals surface area contributed by atoms with Crippen LogP contribution in [-0.4, -0.2) is 51.8 Å². The van der Waals surface area contributed by atoms with Crippen LogP contribution < -0.4 is 0 Å². The minimum Gasteiger partial charge on any atom is -0.331 e. The summed E-state index contributed by atoms with van der Waals surface area (Å²) in [6.45, 7) is 2.85. The minimum atomic E-state index is -4.96. The van der Waals surface area contributed by atoms with Crippen LogP contribution in [0.5, 0.6) is 0 Å². The predicted molar refractivity (Wildman–Crippen MR) is 158 cm³/mol.